The molecule has 2 heterocycles. The van der Waals surface area contributed by atoms with Gasteiger partial charge in [0, 0.05) is 32.0 Å². The third-order valence-electron chi connectivity index (χ3n) is 5.97. The molecule has 1 aromatic carbocycles. The third kappa shape index (κ3) is 7.83. The number of alkyl halides is 1. The standard InChI is InChI=1S/C26H30Cl2FN3O6S/c1-25(2,3)38-24(36)30-14-17(22(34)37-4)31-23(35)26(29)8-10-32(11-9-26)18(33)6-5-15-13-16-7-12-39-21(16)20(28)19(15)27/h5-7,12-13,17H,8-11,14H2,1-4H3,(H,30,36)(H,31,35)/b6-5+/t17-/m0/s1. The second kappa shape index (κ2) is 12.5. The van der Waals surface area contributed by atoms with Crippen molar-refractivity contribution in [2.24, 2.45) is 0 Å². The summed E-state index contributed by atoms with van der Waals surface area (Å²) in [5.74, 6) is -2.26. The Morgan fingerprint density at radius 3 is 2.49 bits per heavy atom. The number of piperidine rings is 1. The molecule has 0 radical (unpaired) electrons. The fourth-order valence-corrected chi connectivity index (χ4v) is 5.33. The first-order valence-corrected chi connectivity index (χ1v) is 13.7. The van der Waals surface area contributed by atoms with Gasteiger partial charge in [0.1, 0.15) is 11.6 Å². The summed E-state index contributed by atoms with van der Waals surface area (Å²) in [5.41, 5.74) is -2.51. The molecule has 13 heteroatoms. The Hall–Kier alpha value is -2.89. The highest BCUT2D eigenvalue weighted by molar-refractivity contribution is 7.18. The maximum Gasteiger partial charge on any atom is 0.407 e. The summed E-state index contributed by atoms with van der Waals surface area (Å²) >= 11 is 14.2. The number of carbonyl (C=O) groups is 4. The maximum absolute atomic E-state index is 15.6. The van der Waals surface area contributed by atoms with Crippen LogP contribution in [0.2, 0.25) is 10.0 Å². The molecular weight excluding hydrogens is 572 g/mol. The molecule has 0 bridgehead atoms. The number of nitrogens with one attached hydrogen (secondary N) is 2. The van der Waals surface area contributed by atoms with E-state index < -0.39 is 35.3 Å². The van der Waals surface area contributed by atoms with Crippen molar-refractivity contribution in [1.29, 1.82) is 0 Å². The SMILES string of the molecule is COC(=O)[C@H](CNC(=O)OC(C)(C)C)NC(=O)C1(F)CCN(C(=O)/C=C/c2cc3ccsc3c(Cl)c2Cl)CC1. The van der Waals surface area contributed by atoms with Crippen molar-refractivity contribution in [2.75, 3.05) is 26.7 Å². The Bertz CT molecular complexity index is 1280. The quantitative estimate of drug-likeness (QED) is 0.350. The summed E-state index contributed by atoms with van der Waals surface area (Å²) in [6.45, 7) is 4.60. The van der Waals surface area contributed by atoms with Crippen LogP contribution in [0, 0.1) is 0 Å². The first kappa shape index (κ1) is 30.6. The lowest BCUT2D eigenvalue weighted by Gasteiger charge is -2.35. The number of fused-ring (bicyclic) bond motifs is 1. The summed E-state index contributed by atoms with van der Waals surface area (Å²) in [5, 5.41) is 8.21. The lowest BCUT2D eigenvalue weighted by molar-refractivity contribution is -0.148. The Labute approximate surface area is 239 Å². The van der Waals surface area contributed by atoms with Gasteiger partial charge in [0.25, 0.3) is 5.91 Å². The first-order chi connectivity index (χ1) is 18.2. The van der Waals surface area contributed by atoms with Crippen molar-refractivity contribution in [3.05, 3.63) is 39.2 Å². The lowest BCUT2D eigenvalue weighted by Crippen LogP contribution is -2.57. The number of amides is 3. The van der Waals surface area contributed by atoms with Crippen LogP contribution < -0.4 is 10.6 Å². The van der Waals surface area contributed by atoms with Crippen molar-refractivity contribution in [1.82, 2.24) is 15.5 Å². The van der Waals surface area contributed by atoms with Crippen molar-refractivity contribution in [3.8, 4) is 0 Å². The van der Waals surface area contributed by atoms with Crippen LogP contribution in [0.5, 0.6) is 0 Å². The Morgan fingerprint density at radius 1 is 1.21 bits per heavy atom. The molecule has 1 fully saturated rings. The van der Waals surface area contributed by atoms with Crippen molar-refractivity contribution < 1.29 is 33.0 Å². The maximum atomic E-state index is 15.6. The second-order valence-corrected chi connectivity index (χ2v) is 11.7. The van der Waals surface area contributed by atoms with E-state index in [2.05, 4.69) is 15.4 Å². The molecule has 1 saturated heterocycles. The number of nitrogens with zero attached hydrogens (tertiary/aromatic N) is 1. The third-order valence-corrected chi connectivity index (χ3v) is 7.91. The van der Waals surface area contributed by atoms with Crippen LogP contribution in [0.4, 0.5) is 9.18 Å². The zero-order valence-corrected chi connectivity index (χ0v) is 24.3. The van der Waals surface area contributed by atoms with Crippen LogP contribution in [-0.4, -0.2) is 72.8 Å². The van der Waals surface area contributed by atoms with Gasteiger partial charge in [-0.3, -0.25) is 9.59 Å². The van der Waals surface area contributed by atoms with Crippen molar-refractivity contribution in [3.63, 3.8) is 0 Å². The fourth-order valence-electron chi connectivity index (χ4n) is 3.89. The van der Waals surface area contributed by atoms with Crippen LogP contribution in [0.1, 0.15) is 39.2 Å². The number of rotatable bonds is 7. The minimum Gasteiger partial charge on any atom is -0.467 e. The van der Waals surface area contributed by atoms with E-state index in [0.717, 1.165) is 17.2 Å². The smallest absolute Gasteiger partial charge is 0.407 e. The van der Waals surface area contributed by atoms with E-state index in [-0.39, 0.29) is 38.4 Å². The Balaban J connectivity index is 1.58. The molecule has 1 aliphatic heterocycles. The van der Waals surface area contributed by atoms with Gasteiger partial charge in [-0.15, -0.1) is 11.3 Å². The van der Waals surface area contributed by atoms with E-state index >= 15 is 4.39 Å². The van der Waals surface area contributed by atoms with Gasteiger partial charge in [0.05, 0.1) is 28.4 Å². The average molecular weight is 603 g/mol. The van der Waals surface area contributed by atoms with Gasteiger partial charge >= 0.3 is 12.1 Å². The highest BCUT2D eigenvalue weighted by Crippen LogP contribution is 2.37. The zero-order chi connectivity index (χ0) is 29.0. The molecule has 0 saturated carbocycles. The second-order valence-electron chi connectivity index (χ2n) is 9.99. The number of thiophene rings is 1. The summed E-state index contributed by atoms with van der Waals surface area (Å²) < 4.78 is 26.2. The van der Waals surface area contributed by atoms with Crippen molar-refractivity contribution >= 4 is 74.6 Å². The number of benzene rings is 1. The lowest BCUT2D eigenvalue weighted by atomic mass is 9.92. The van der Waals surface area contributed by atoms with Crippen LogP contribution in [0.15, 0.2) is 23.6 Å². The molecule has 0 aliphatic carbocycles. The number of hydrogen-bond acceptors (Lipinski definition) is 7. The Morgan fingerprint density at radius 2 is 1.87 bits per heavy atom. The number of likely N-dealkylation sites (tertiary alicyclic amines) is 1. The molecule has 9 nitrogen and oxygen atoms in total. The van der Waals surface area contributed by atoms with E-state index in [9.17, 15) is 19.2 Å². The number of hydrogen-bond donors (Lipinski definition) is 2. The van der Waals surface area contributed by atoms with E-state index in [1.807, 2.05) is 17.5 Å². The summed E-state index contributed by atoms with van der Waals surface area (Å²) in [7, 11) is 1.11. The largest absolute Gasteiger partial charge is 0.467 e. The average Bonchev–Trinajstić information content (AvgIpc) is 3.35. The van der Waals surface area contributed by atoms with Gasteiger partial charge in [-0.2, -0.15) is 0 Å². The Kier molecular flexibility index (Phi) is 9.84. The number of ether oxygens (including phenoxy) is 2. The number of halogens is 3. The molecule has 1 aromatic heterocycles. The van der Waals surface area contributed by atoms with Gasteiger partial charge in [0.15, 0.2) is 5.67 Å². The number of carbonyl (C=O) groups excluding carboxylic acids is 4. The van der Waals surface area contributed by atoms with Crippen LogP contribution in [0.25, 0.3) is 16.2 Å². The van der Waals surface area contributed by atoms with Gasteiger partial charge in [-0.05, 0) is 55.3 Å². The number of alkyl carbamates (subject to hydrolysis) is 1. The summed E-state index contributed by atoms with van der Waals surface area (Å²) in [4.78, 5) is 51.0. The molecule has 212 valence electrons. The summed E-state index contributed by atoms with van der Waals surface area (Å²) in [6, 6.07) is 2.39. The monoisotopic (exact) mass is 601 g/mol. The fraction of sp³-hybridized carbons (Fsp3) is 0.462. The van der Waals surface area contributed by atoms with Gasteiger partial charge in [-0.25, -0.2) is 14.0 Å². The van der Waals surface area contributed by atoms with Gasteiger partial charge in [-0.1, -0.05) is 23.2 Å². The molecule has 0 spiro atoms. The molecule has 39 heavy (non-hydrogen) atoms. The van der Waals surface area contributed by atoms with E-state index in [0.29, 0.717) is 15.6 Å². The minimum absolute atomic E-state index is 0.0236. The molecule has 1 aliphatic rings. The predicted molar refractivity (Wildman–Crippen MR) is 149 cm³/mol. The highest BCUT2D eigenvalue weighted by atomic mass is 35.5. The molecular formula is C26H30Cl2FN3O6S. The number of methoxy groups -OCH3 is 1. The van der Waals surface area contributed by atoms with Crippen LogP contribution >= 0.6 is 34.5 Å². The first-order valence-electron chi connectivity index (χ1n) is 12.1. The zero-order valence-electron chi connectivity index (χ0n) is 21.9. The van der Waals surface area contributed by atoms with E-state index in [1.165, 1.54) is 22.3 Å². The topological polar surface area (TPSA) is 114 Å². The molecule has 2 aromatic rings. The van der Waals surface area contributed by atoms with E-state index in [4.69, 9.17) is 27.9 Å². The normalized spacial score (nSPS) is 16.1. The van der Waals surface area contributed by atoms with Crippen LogP contribution in [-0.2, 0) is 23.9 Å². The van der Waals surface area contributed by atoms with Crippen LogP contribution in [0.3, 0.4) is 0 Å². The van der Waals surface area contributed by atoms with E-state index in [1.54, 1.807) is 26.8 Å². The molecule has 3 rings (SSSR count). The van der Waals surface area contributed by atoms with Gasteiger partial charge in [0.2, 0.25) is 5.91 Å². The number of esters is 1. The summed E-state index contributed by atoms with van der Waals surface area (Å²) in [6.07, 6.45) is 1.52. The van der Waals surface area contributed by atoms with Crippen molar-refractivity contribution in [2.45, 2.75) is 50.9 Å². The predicted octanol–water partition coefficient (Wildman–Crippen LogP) is 4.73. The van der Waals surface area contributed by atoms with Gasteiger partial charge < -0.3 is 25.0 Å². The molecule has 1 atom stereocenters. The molecule has 0 unspecified atom stereocenters. The highest BCUT2D eigenvalue weighted by Gasteiger charge is 2.44. The molecule has 2 N–H and O–H groups in total. The molecule has 3 amide bonds. The minimum atomic E-state index is -2.32.